The summed E-state index contributed by atoms with van der Waals surface area (Å²) in [4.78, 5) is 21.9. The van der Waals surface area contributed by atoms with Crippen LogP contribution >= 0.6 is 11.6 Å². The van der Waals surface area contributed by atoms with Gasteiger partial charge in [-0.3, -0.25) is 4.79 Å². The van der Waals surface area contributed by atoms with Gasteiger partial charge < -0.3 is 10.2 Å². The standard InChI is InChI=1S/C12H19ClN4O/c1-4-17(5-2)7-6-14-11(18)10-8-9(3)15-12(13)16-10/h8H,4-7H2,1-3H3,(H,14,18). The predicted molar refractivity (Wildman–Crippen MR) is 71.9 cm³/mol. The van der Waals surface area contributed by atoms with Crippen molar-refractivity contribution in [3.05, 3.63) is 22.7 Å². The summed E-state index contributed by atoms with van der Waals surface area (Å²) in [6, 6.07) is 1.62. The zero-order valence-electron chi connectivity index (χ0n) is 11.0. The van der Waals surface area contributed by atoms with Crippen LogP contribution in [0.4, 0.5) is 0 Å². The molecule has 1 rings (SSSR count). The molecule has 0 bridgehead atoms. The van der Waals surface area contributed by atoms with E-state index in [2.05, 4.69) is 34.0 Å². The fourth-order valence-electron chi connectivity index (χ4n) is 1.61. The maximum Gasteiger partial charge on any atom is 0.270 e. The van der Waals surface area contributed by atoms with Crippen molar-refractivity contribution in [2.75, 3.05) is 26.2 Å². The van der Waals surface area contributed by atoms with E-state index in [1.807, 2.05) is 0 Å². The predicted octanol–water partition coefficient (Wildman–Crippen LogP) is 1.51. The Labute approximate surface area is 113 Å². The van der Waals surface area contributed by atoms with Gasteiger partial charge in [0.05, 0.1) is 0 Å². The Morgan fingerprint density at radius 1 is 1.39 bits per heavy atom. The van der Waals surface area contributed by atoms with Crippen LogP contribution in [0.5, 0.6) is 0 Å². The van der Waals surface area contributed by atoms with Crippen LogP contribution in [0.1, 0.15) is 30.0 Å². The molecular weight excluding hydrogens is 252 g/mol. The first-order valence-electron chi connectivity index (χ1n) is 6.08. The Balaban J connectivity index is 2.50. The van der Waals surface area contributed by atoms with E-state index in [1.54, 1.807) is 13.0 Å². The van der Waals surface area contributed by atoms with Gasteiger partial charge in [-0.25, -0.2) is 9.97 Å². The number of rotatable bonds is 6. The molecule has 0 atom stereocenters. The molecule has 1 aromatic heterocycles. The van der Waals surface area contributed by atoms with E-state index in [4.69, 9.17) is 11.6 Å². The van der Waals surface area contributed by atoms with Gasteiger partial charge in [0.25, 0.3) is 5.91 Å². The second kappa shape index (κ2) is 7.28. The van der Waals surface area contributed by atoms with Crippen molar-refractivity contribution in [2.45, 2.75) is 20.8 Å². The molecule has 0 aromatic carbocycles. The first-order chi connectivity index (χ1) is 8.56. The molecule has 6 heteroatoms. The molecule has 0 aliphatic rings. The molecule has 0 aliphatic heterocycles. The van der Waals surface area contributed by atoms with Gasteiger partial charge in [0.2, 0.25) is 5.28 Å². The molecule has 0 saturated heterocycles. The van der Waals surface area contributed by atoms with E-state index in [1.165, 1.54) is 0 Å². The molecule has 5 nitrogen and oxygen atoms in total. The third-order valence-corrected chi connectivity index (χ3v) is 2.84. The number of hydrogen-bond acceptors (Lipinski definition) is 4. The molecule has 100 valence electrons. The van der Waals surface area contributed by atoms with E-state index < -0.39 is 0 Å². The number of nitrogens with one attached hydrogen (secondary N) is 1. The number of aromatic nitrogens is 2. The highest BCUT2D eigenvalue weighted by atomic mass is 35.5. The fourth-order valence-corrected chi connectivity index (χ4v) is 1.83. The van der Waals surface area contributed by atoms with Crippen molar-refractivity contribution in [3.8, 4) is 0 Å². The molecular formula is C12H19ClN4O. The Morgan fingerprint density at radius 3 is 2.61 bits per heavy atom. The highest BCUT2D eigenvalue weighted by molar-refractivity contribution is 6.28. The molecule has 1 heterocycles. The SMILES string of the molecule is CCN(CC)CCNC(=O)c1cc(C)nc(Cl)n1. The fraction of sp³-hybridized carbons (Fsp3) is 0.583. The normalized spacial score (nSPS) is 10.7. The summed E-state index contributed by atoms with van der Waals surface area (Å²) < 4.78 is 0. The summed E-state index contributed by atoms with van der Waals surface area (Å²) in [7, 11) is 0. The van der Waals surface area contributed by atoms with E-state index in [0.29, 0.717) is 17.9 Å². The lowest BCUT2D eigenvalue weighted by Gasteiger charge is -2.17. The highest BCUT2D eigenvalue weighted by Crippen LogP contribution is 2.04. The van der Waals surface area contributed by atoms with Crippen molar-refractivity contribution >= 4 is 17.5 Å². The Kier molecular flexibility index (Phi) is 6.01. The van der Waals surface area contributed by atoms with Gasteiger partial charge in [0, 0.05) is 18.8 Å². The van der Waals surface area contributed by atoms with Crippen LogP contribution in [-0.2, 0) is 0 Å². The molecule has 18 heavy (non-hydrogen) atoms. The maximum absolute atomic E-state index is 11.8. The van der Waals surface area contributed by atoms with Crippen LogP contribution in [0.25, 0.3) is 0 Å². The van der Waals surface area contributed by atoms with Crippen molar-refractivity contribution < 1.29 is 4.79 Å². The van der Waals surface area contributed by atoms with Gasteiger partial charge in [-0.1, -0.05) is 13.8 Å². The minimum Gasteiger partial charge on any atom is -0.349 e. The average molecular weight is 271 g/mol. The lowest BCUT2D eigenvalue weighted by molar-refractivity contribution is 0.0943. The van der Waals surface area contributed by atoms with Crippen molar-refractivity contribution in [1.82, 2.24) is 20.2 Å². The average Bonchev–Trinajstić information content (AvgIpc) is 2.33. The largest absolute Gasteiger partial charge is 0.349 e. The highest BCUT2D eigenvalue weighted by Gasteiger charge is 2.09. The zero-order valence-corrected chi connectivity index (χ0v) is 11.8. The first-order valence-corrected chi connectivity index (χ1v) is 6.46. The Hall–Kier alpha value is -1.20. The van der Waals surface area contributed by atoms with Gasteiger partial charge in [0.15, 0.2) is 0 Å². The second-order valence-corrected chi connectivity index (χ2v) is 4.28. The molecule has 0 saturated carbocycles. The summed E-state index contributed by atoms with van der Waals surface area (Å²) in [5, 5.41) is 2.92. The lowest BCUT2D eigenvalue weighted by atomic mass is 10.3. The third-order valence-electron chi connectivity index (χ3n) is 2.67. The minimum absolute atomic E-state index is 0.101. The number of likely N-dealkylation sites (N-methyl/N-ethyl adjacent to an activating group) is 1. The number of carbonyl (C=O) groups excluding carboxylic acids is 1. The van der Waals surface area contributed by atoms with Gasteiger partial charge in [-0.15, -0.1) is 0 Å². The monoisotopic (exact) mass is 270 g/mol. The molecule has 1 amide bonds. The summed E-state index contributed by atoms with van der Waals surface area (Å²) in [6.45, 7) is 9.35. The molecule has 1 N–H and O–H groups in total. The Morgan fingerprint density at radius 2 is 2.06 bits per heavy atom. The number of halogens is 1. The summed E-state index contributed by atoms with van der Waals surface area (Å²) in [6.07, 6.45) is 0. The maximum atomic E-state index is 11.8. The number of amides is 1. The van der Waals surface area contributed by atoms with Crippen LogP contribution in [0.2, 0.25) is 5.28 Å². The van der Waals surface area contributed by atoms with Crippen LogP contribution in [0.3, 0.4) is 0 Å². The quantitative estimate of drug-likeness (QED) is 0.796. The summed E-state index contributed by atoms with van der Waals surface area (Å²) >= 11 is 5.71. The topological polar surface area (TPSA) is 58.1 Å². The molecule has 0 radical (unpaired) electrons. The Bertz CT molecular complexity index is 387. The van der Waals surface area contributed by atoms with Gasteiger partial charge in [0.1, 0.15) is 5.69 Å². The van der Waals surface area contributed by atoms with Gasteiger partial charge in [-0.2, -0.15) is 0 Å². The second-order valence-electron chi connectivity index (χ2n) is 3.95. The van der Waals surface area contributed by atoms with Crippen LogP contribution in [0.15, 0.2) is 6.07 Å². The first kappa shape index (κ1) is 14.9. The van der Waals surface area contributed by atoms with Crippen molar-refractivity contribution in [1.29, 1.82) is 0 Å². The lowest BCUT2D eigenvalue weighted by Crippen LogP contribution is -2.35. The van der Waals surface area contributed by atoms with Crippen molar-refractivity contribution in [2.24, 2.45) is 0 Å². The minimum atomic E-state index is -0.213. The summed E-state index contributed by atoms with van der Waals surface area (Å²) in [5.41, 5.74) is 0.996. The smallest absolute Gasteiger partial charge is 0.270 e. The number of hydrogen-bond donors (Lipinski definition) is 1. The molecule has 0 unspecified atom stereocenters. The zero-order chi connectivity index (χ0) is 13.5. The van der Waals surface area contributed by atoms with E-state index in [0.717, 1.165) is 19.6 Å². The van der Waals surface area contributed by atoms with E-state index >= 15 is 0 Å². The molecule has 0 spiro atoms. The molecule has 0 fully saturated rings. The number of aryl methyl sites for hydroxylation is 1. The van der Waals surface area contributed by atoms with Gasteiger partial charge in [-0.05, 0) is 37.7 Å². The van der Waals surface area contributed by atoms with Crippen LogP contribution < -0.4 is 5.32 Å². The third kappa shape index (κ3) is 4.58. The van der Waals surface area contributed by atoms with Gasteiger partial charge >= 0.3 is 0 Å². The summed E-state index contributed by atoms with van der Waals surface area (Å²) in [5.74, 6) is -0.213. The van der Waals surface area contributed by atoms with E-state index in [9.17, 15) is 4.79 Å². The van der Waals surface area contributed by atoms with Crippen LogP contribution in [0, 0.1) is 6.92 Å². The molecule has 1 aromatic rings. The molecule has 0 aliphatic carbocycles. The number of carbonyl (C=O) groups is 1. The number of nitrogens with zero attached hydrogens (tertiary/aromatic N) is 3. The van der Waals surface area contributed by atoms with Crippen LogP contribution in [-0.4, -0.2) is 47.0 Å². The van der Waals surface area contributed by atoms with Crippen molar-refractivity contribution in [3.63, 3.8) is 0 Å². The van der Waals surface area contributed by atoms with E-state index in [-0.39, 0.29) is 11.2 Å².